The zero-order valence-electron chi connectivity index (χ0n) is 41.2. The average molecular weight is 963 g/mol. The molecule has 15 rings (SSSR count). The van der Waals surface area contributed by atoms with E-state index in [1.807, 2.05) is 0 Å². The molecule has 354 valence electrons. The van der Waals surface area contributed by atoms with Gasteiger partial charge in [-0.15, -0.1) is 0 Å². The minimum atomic E-state index is 0.783. The molecule has 0 amide bonds. The summed E-state index contributed by atoms with van der Waals surface area (Å²) in [6, 6.07) is 86.6. The van der Waals surface area contributed by atoms with Crippen molar-refractivity contribution >= 4 is 121 Å². The maximum Gasteiger partial charge on any atom is 0.159 e. The minimum absolute atomic E-state index is 0.783. The van der Waals surface area contributed by atoms with Crippen molar-refractivity contribution in [3.8, 4) is 22.3 Å². The Balaban J connectivity index is 1.01. The van der Waals surface area contributed by atoms with E-state index >= 15 is 0 Å². The summed E-state index contributed by atoms with van der Waals surface area (Å²) in [5, 5.41) is 10.8. The number of hydrogen-bond donors (Lipinski definition) is 0. The maximum absolute atomic E-state index is 7.38. The Labute approximate surface area is 432 Å². The molecule has 12 aromatic carbocycles. The van der Waals surface area contributed by atoms with Gasteiger partial charge in [0.15, 0.2) is 11.2 Å². The summed E-state index contributed by atoms with van der Waals surface area (Å²) in [5.41, 5.74) is 17.5. The predicted molar refractivity (Wildman–Crippen MR) is 313 cm³/mol. The molecule has 3 aromatic heterocycles. The Kier molecular flexibility index (Phi) is 9.63. The third kappa shape index (κ3) is 6.71. The lowest BCUT2D eigenvalue weighted by molar-refractivity contribution is 0.665. The van der Waals surface area contributed by atoms with Crippen LogP contribution < -0.4 is 9.80 Å². The van der Waals surface area contributed by atoms with Crippen LogP contribution in [0.25, 0.3) is 110 Å². The van der Waals surface area contributed by atoms with Crippen LogP contribution in [-0.2, 0) is 0 Å². The summed E-state index contributed by atoms with van der Waals surface area (Å²) in [5.74, 6) is 0. The van der Waals surface area contributed by atoms with Crippen molar-refractivity contribution in [3.05, 3.63) is 254 Å². The maximum atomic E-state index is 7.38. The minimum Gasteiger partial charge on any atom is -0.456 e. The van der Waals surface area contributed by atoms with Crippen molar-refractivity contribution in [2.24, 2.45) is 0 Å². The standard InChI is InChI=1S/C70H46N2O3/c1-43-19-13-33-55-57-35-17-37-59(69(57)74-67(43)55)71(49-27-15-25-47(39-49)45-21-5-3-6-22-45)61-41-63-65(53-31-11-9-29-51(53)61)66-54-32-12-10-30-52(54)62(42-64(66)73-63)72(50-28-16-26-48(40-50)46-23-7-4-8-24-46)60-38-18-36-58-56-34-14-20-44(2)68(56)75-70(58)60/h3-42H,1-2H3. The fraction of sp³-hybridized carbons (Fsp3) is 0.0286. The lowest BCUT2D eigenvalue weighted by atomic mass is 9.96. The Bertz CT molecular complexity index is 4450. The molecule has 0 bridgehead atoms. The van der Waals surface area contributed by atoms with Crippen LogP contribution >= 0.6 is 0 Å². The van der Waals surface area contributed by atoms with E-state index in [0.717, 1.165) is 155 Å². The molecule has 0 spiro atoms. The molecule has 0 aliphatic carbocycles. The van der Waals surface area contributed by atoms with Gasteiger partial charge < -0.3 is 23.1 Å². The second-order valence-corrected chi connectivity index (χ2v) is 19.6. The summed E-state index contributed by atoms with van der Waals surface area (Å²) in [4.78, 5) is 4.73. The highest BCUT2D eigenvalue weighted by molar-refractivity contribution is 6.30. The summed E-state index contributed by atoms with van der Waals surface area (Å²) < 4.78 is 21.3. The molecule has 0 atom stereocenters. The molecule has 75 heavy (non-hydrogen) atoms. The third-order valence-electron chi connectivity index (χ3n) is 15.2. The van der Waals surface area contributed by atoms with Gasteiger partial charge in [0.2, 0.25) is 0 Å². The fourth-order valence-electron chi connectivity index (χ4n) is 11.8. The van der Waals surface area contributed by atoms with Crippen molar-refractivity contribution < 1.29 is 13.3 Å². The van der Waals surface area contributed by atoms with E-state index in [2.05, 4.69) is 266 Å². The number of rotatable bonds is 8. The number of aryl methyl sites for hydroxylation is 2. The van der Waals surface area contributed by atoms with Gasteiger partial charge in [-0.25, -0.2) is 0 Å². The lowest BCUT2D eigenvalue weighted by Crippen LogP contribution is -2.11. The van der Waals surface area contributed by atoms with Crippen LogP contribution in [-0.4, -0.2) is 0 Å². The number of hydrogen-bond acceptors (Lipinski definition) is 5. The average Bonchev–Trinajstić information content (AvgIpc) is 4.18. The molecule has 5 nitrogen and oxygen atoms in total. The molecule has 0 fully saturated rings. The van der Waals surface area contributed by atoms with E-state index in [1.165, 1.54) is 0 Å². The molecular weight excluding hydrogens is 917 g/mol. The van der Waals surface area contributed by atoms with Crippen molar-refractivity contribution in [1.29, 1.82) is 0 Å². The summed E-state index contributed by atoms with van der Waals surface area (Å²) >= 11 is 0. The van der Waals surface area contributed by atoms with E-state index in [9.17, 15) is 0 Å². The largest absolute Gasteiger partial charge is 0.456 e. The number of fused-ring (bicyclic) bond motifs is 13. The summed E-state index contributed by atoms with van der Waals surface area (Å²) in [6.45, 7) is 4.23. The van der Waals surface area contributed by atoms with Crippen molar-refractivity contribution in [2.75, 3.05) is 9.80 Å². The molecule has 0 N–H and O–H groups in total. The first-order valence-corrected chi connectivity index (χ1v) is 25.6. The smallest absolute Gasteiger partial charge is 0.159 e. The topological polar surface area (TPSA) is 45.9 Å². The molecular formula is C70H46N2O3. The molecule has 3 heterocycles. The van der Waals surface area contributed by atoms with Gasteiger partial charge in [-0.1, -0.05) is 194 Å². The van der Waals surface area contributed by atoms with Crippen molar-refractivity contribution in [3.63, 3.8) is 0 Å². The summed E-state index contributed by atoms with van der Waals surface area (Å²) in [6.07, 6.45) is 0. The SMILES string of the molecule is Cc1cccc2c1oc1c(N(c3cccc(-c4ccccc4)c3)c3cc4oc5cc(N(c6cccc(-c7ccccc7)c6)c6cccc7c6oc6c(C)cccc67)c6ccccc6c5c4c4ccccc34)cccc12. The molecule has 0 aliphatic heterocycles. The first-order chi connectivity index (χ1) is 37.0. The van der Waals surface area contributed by atoms with E-state index in [4.69, 9.17) is 13.3 Å². The van der Waals surface area contributed by atoms with E-state index < -0.39 is 0 Å². The fourth-order valence-corrected chi connectivity index (χ4v) is 11.8. The molecule has 0 saturated heterocycles. The normalized spacial score (nSPS) is 11.9. The Morgan fingerprint density at radius 3 is 1.04 bits per heavy atom. The second-order valence-electron chi connectivity index (χ2n) is 19.6. The van der Waals surface area contributed by atoms with E-state index in [1.54, 1.807) is 0 Å². The van der Waals surface area contributed by atoms with Crippen molar-refractivity contribution in [1.82, 2.24) is 0 Å². The molecule has 0 radical (unpaired) electrons. The van der Waals surface area contributed by atoms with Gasteiger partial charge in [0, 0.05) is 66.6 Å². The Morgan fingerprint density at radius 1 is 0.253 bits per heavy atom. The number of nitrogens with zero attached hydrogens (tertiary/aromatic N) is 2. The van der Waals surface area contributed by atoms with Gasteiger partial charge in [-0.3, -0.25) is 0 Å². The van der Waals surface area contributed by atoms with Crippen LogP contribution in [0.4, 0.5) is 34.1 Å². The highest BCUT2D eigenvalue weighted by atomic mass is 16.3. The first kappa shape index (κ1) is 42.8. The zero-order valence-corrected chi connectivity index (χ0v) is 41.2. The van der Waals surface area contributed by atoms with Gasteiger partial charge in [0.05, 0.1) is 22.7 Å². The van der Waals surface area contributed by atoms with Crippen molar-refractivity contribution in [2.45, 2.75) is 13.8 Å². The van der Waals surface area contributed by atoms with Gasteiger partial charge in [0.25, 0.3) is 0 Å². The van der Waals surface area contributed by atoms with Crippen LogP contribution in [0.3, 0.4) is 0 Å². The highest BCUT2D eigenvalue weighted by Crippen LogP contribution is 2.52. The lowest BCUT2D eigenvalue weighted by Gasteiger charge is -2.28. The van der Waals surface area contributed by atoms with Gasteiger partial charge in [-0.05, 0) is 94.4 Å². The predicted octanol–water partition coefficient (Wildman–Crippen LogP) is 20.6. The molecule has 5 heteroatoms. The van der Waals surface area contributed by atoms with Crippen LogP contribution in [0.15, 0.2) is 256 Å². The number of benzene rings is 12. The summed E-state index contributed by atoms with van der Waals surface area (Å²) in [7, 11) is 0. The van der Waals surface area contributed by atoms with Gasteiger partial charge >= 0.3 is 0 Å². The Morgan fingerprint density at radius 2 is 0.600 bits per heavy atom. The highest BCUT2D eigenvalue weighted by Gasteiger charge is 2.28. The molecule has 0 unspecified atom stereocenters. The molecule has 0 saturated carbocycles. The van der Waals surface area contributed by atoms with Crippen LogP contribution in [0.5, 0.6) is 0 Å². The Hall–Kier alpha value is -9.84. The van der Waals surface area contributed by atoms with Crippen LogP contribution in [0.1, 0.15) is 11.1 Å². The third-order valence-corrected chi connectivity index (χ3v) is 15.2. The second kappa shape index (κ2) is 16.9. The van der Waals surface area contributed by atoms with E-state index in [0.29, 0.717) is 0 Å². The molecule has 15 aromatic rings. The zero-order chi connectivity index (χ0) is 49.7. The first-order valence-electron chi connectivity index (χ1n) is 25.6. The van der Waals surface area contributed by atoms with Gasteiger partial charge in [-0.2, -0.15) is 0 Å². The number of anilines is 6. The monoisotopic (exact) mass is 962 g/mol. The van der Waals surface area contributed by atoms with Crippen LogP contribution in [0.2, 0.25) is 0 Å². The quantitative estimate of drug-likeness (QED) is 0.152. The van der Waals surface area contributed by atoms with Crippen LogP contribution in [0, 0.1) is 13.8 Å². The van der Waals surface area contributed by atoms with E-state index in [-0.39, 0.29) is 0 Å². The van der Waals surface area contributed by atoms with Gasteiger partial charge in [0.1, 0.15) is 22.3 Å². The number of para-hydroxylation sites is 4. The molecule has 0 aliphatic rings. The number of furan rings is 3.